The zero-order valence-electron chi connectivity index (χ0n) is 17.2. The summed E-state index contributed by atoms with van der Waals surface area (Å²) in [4.78, 5) is 74.0. The Kier molecular flexibility index (Phi) is 51.8. The summed E-state index contributed by atoms with van der Waals surface area (Å²) < 4.78 is 8.55. The number of carboxylic acid groups (broad SMARTS) is 5. The molecule has 0 rings (SSSR count). The van der Waals surface area contributed by atoms with E-state index in [-0.39, 0.29) is 140 Å². The van der Waals surface area contributed by atoms with E-state index in [0.717, 1.165) is 13.8 Å². The number of aliphatic hydroxyl groups is 1. The van der Waals surface area contributed by atoms with Gasteiger partial charge in [0.1, 0.15) is 0 Å². The van der Waals surface area contributed by atoms with Gasteiger partial charge in [0.2, 0.25) is 0 Å². The number of carbonyl (C=O) groups is 5. The van der Waals surface area contributed by atoms with E-state index in [1.807, 2.05) is 0 Å². The minimum Gasteiger partial charge on any atom is -0.822 e. The fourth-order valence-electron chi connectivity index (χ4n) is 0.703. The van der Waals surface area contributed by atoms with Crippen LogP contribution in [0.2, 0.25) is 0 Å². The van der Waals surface area contributed by atoms with Crippen molar-refractivity contribution in [3.05, 3.63) is 0 Å². The van der Waals surface area contributed by atoms with Crippen molar-refractivity contribution >= 4 is 37.7 Å². The normalized spacial score (nSPS) is 9.93. The number of rotatable bonds is 5. The summed E-state index contributed by atoms with van der Waals surface area (Å²) in [6.45, 7) is 2.17. The van der Waals surface area contributed by atoms with Crippen LogP contribution < -0.4 is 160 Å². The number of hydrogen-bond donors (Lipinski definition) is 5. The molecule has 154 valence electrons. The Bertz CT molecular complexity index is 509. The first-order chi connectivity index (χ1) is 11.2. The minimum atomic E-state index is -5.39. The maximum absolute atomic E-state index is 10.3. The zero-order chi connectivity index (χ0) is 22.3. The number of phosphoric acid groups is 1. The van der Waals surface area contributed by atoms with Crippen molar-refractivity contribution in [2.45, 2.75) is 32.3 Å². The molecule has 0 aliphatic carbocycles. The van der Waals surface area contributed by atoms with Crippen LogP contribution in [-0.4, -0.2) is 61.0 Å². The number of carboxylic acids is 5. The molecule has 0 aromatic carbocycles. The van der Waals surface area contributed by atoms with Crippen molar-refractivity contribution in [1.82, 2.24) is 0 Å². The van der Waals surface area contributed by atoms with Gasteiger partial charge in [-0.2, -0.15) is 7.82 Å². The van der Waals surface area contributed by atoms with Gasteiger partial charge in [0.25, 0.3) is 11.9 Å². The summed E-state index contributed by atoms with van der Waals surface area (Å²) in [6.07, 6.45) is -2.44. The molecule has 0 aliphatic rings. The number of carbonyl (C=O) groups excluding carboxylic acids is 1. The first kappa shape index (κ1) is 53.4. The average molecular weight is 514 g/mol. The van der Waals surface area contributed by atoms with Crippen molar-refractivity contribution in [3.63, 3.8) is 0 Å². The van der Waals surface area contributed by atoms with Crippen LogP contribution in [0.3, 0.4) is 0 Å². The SMILES string of the molecule is CC(=O)O.CC(=O)O.O=C([O-])CC(O)(CC(=O)O)C(=O)O.O=P([O-])([O-])[O-].[K+].[Na+].[Na+].[Na+]. The standard InChI is InChI=1S/C6H8O7.2C2H4O2.K.3Na.H3O4P/c7-3(8)1-6(13,5(11)12)2-4(9)10;2*1-2(3)4;;;;;1-5(2,3)4/h13H,1-2H2,(H,7,8)(H,9,10)(H,11,12);2*1H3,(H,3,4);;;;;(H3,1,2,3,4)/q;;;4*+1;/p-4. The van der Waals surface area contributed by atoms with Crippen molar-refractivity contribution in [3.8, 4) is 0 Å². The van der Waals surface area contributed by atoms with Gasteiger partial charge < -0.3 is 54.7 Å². The van der Waals surface area contributed by atoms with E-state index < -0.39 is 56.1 Å². The van der Waals surface area contributed by atoms with Crippen LogP contribution in [-0.2, 0) is 28.5 Å². The second kappa shape index (κ2) is 29.1. The summed E-state index contributed by atoms with van der Waals surface area (Å²) in [5, 5.41) is 50.3. The van der Waals surface area contributed by atoms with Crippen molar-refractivity contribution < 1.29 is 214 Å². The fourth-order valence-corrected chi connectivity index (χ4v) is 0.703. The summed E-state index contributed by atoms with van der Waals surface area (Å²) in [5.41, 5.74) is -2.80. The van der Waals surface area contributed by atoms with Gasteiger partial charge in [0.05, 0.1) is 6.42 Å². The first-order valence-electron chi connectivity index (χ1n) is 5.74. The Morgan fingerprint density at radius 3 is 1.10 bits per heavy atom. The Balaban J connectivity index is -0.0000000402. The zero-order valence-corrected chi connectivity index (χ0v) is 27.2. The van der Waals surface area contributed by atoms with E-state index in [0.29, 0.717) is 0 Å². The predicted molar refractivity (Wildman–Crippen MR) is 68.7 cm³/mol. The molecule has 0 fully saturated rings. The van der Waals surface area contributed by atoms with E-state index >= 15 is 0 Å². The molecule has 0 aliphatic heterocycles. The molecule has 0 spiro atoms. The van der Waals surface area contributed by atoms with E-state index in [1.54, 1.807) is 0 Å². The molecular formula is C10H15KNa3O15P. The number of aliphatic carboxylic acids is 5. The molecule has 20 heteroatoms. The van der Waals surface area contributed by atoms with Gasteiger partial charge in [-0.15, -0.1) is 0 Å². The van der Waals surface area contributed by atoms with Gasteiger partial charge in [-0.1, -0.05) is 0 Å². The quantitative estimate of drug-likeness (QED) is 0.168. The second-order valence-corrected chi connectivity index (χ2v) is 4.84. The van der Waals surface area contributed by atoms with Crippen LogP contribution in [0.15, 0.2) is 0 Å². The largest absolute Gasteiger partial charge is 1.00 e. The third-order valence-electron chi connectivity index (χ3n) is 1.28. The Morgan fingerprint density at radius 1 is 0.800 bits per heavy atom. The topological polar surface area (TPSA) is 296 Å². The summed E-state index contributed by atoms with van der Waals surface area (Å²) in [6, 6.07) is 0. The molecule has 0 saturated carbocycles. The van der Waals surface area contributed by atoms with Crippen LogP contribution in [0.25, 0.3) is 0 Å². The fraction of sp³-hybridized carbons (Fsp3) is 0.500. The van der Waals surface area contributed by atoms with Gasteiger partial charge in [0, 0.05) is 26.2 Å². The molecule has 1 atom stereocenters. The third-order valence-corrected chi connectivity index (χ3v) is 1.28. The molecule has 1 unspecified atom stereocenters. The predicted octanol–water partition coefficient (Wildman–Crippen LogP) is -17.2. The summed E-state index contributed by atoms with van der Waals surface area (Å²) in [5.74, 6) is -7.00. The van der Waals surface area contributed by atoms with Crippen molar-refractivity contribution in [1.29, 1.82) is 0 Å². The van der Waals surface area contributed by atoms with Crippen molar-refractivity contribution in [2.24, 2.45) is 0 Å². The summed E-state index contributed by atoms with van der Waals surface area (Å²) >= 11 is 0. The van der Waals surface area contributed by atoms with E-state index in [4.69, 9.17) is 54.4 Å². The molecule has 5 N–H and O–H groups in total. The average Bonchev–Trinajstić information content (AvgIpc) is 2.21. The van der Waals surface area contributed by atoms with Crippen LogP contribution >= 0.6 is 7.82 Å². The van der Waals surface area contributed by atoms with Gasteiger partial charge in [0.15, 0.2) is 5.60 Å². The van der Waals surface area contributed by atoms with Crippen LogP contribution in [0.4, 0.5) is 0 Å². The monoisotopic (exact) mass is 514 g/mol. The number of hydrogen-bond acceptors (Lipinski definition) is 11. The van der Waals surface area contributed by atoms with Gasteiger partial charge in [-0.3, -0.25) is 14.4 Å². The molecule has 0 radical (unpaired) electrons. The Hall–Kier alpha value is 2.06. The minimum absolute atomic E-state index is 0. The first-order valence-corrected chi connectivity index (χ1v) is 7.20. The van der Waals surface area contributed by atoms with Crippen LogP contribution in [0.1, 0.15) is 26.7 Å². The van der Waals surface area contributed by atoms with Gasteiger partial charge in [-0.05, 0) is 0 Å². The Morgan fingerprint density at radius 2 is 1.00 bits per heavy atom. The molecule has 15 nitrogen and oxygen atoms in total. The van der Waals surface area contributed by atoms with Crippen LogP contribution in [0, 0.1) is 0 Å². The molecule has 30 heavy (non-hydrogen) atoms. The van der Waals surface area contributed by atoms with Crippen LogP contribution in [0.5, 0.6) is 0 Å². The van der Waals surface area contributed by atoms with E-state index in [9.17, 15) is 19.5 Å². The van der Waals surface area contributed by atoms with E-state index in [2.05, 4.69) is 0 Å². The smallest absolute Gasteiger partial charge is 0.822 e. The van der Waals surface area contributed by atoms with E-state index in [1.165, 1.54) is 0 Å². The second-order valence-electron chi connectivity index (χ2n) is 3.94. The maximum Gasteiger partial charge on any atom is 1.00 e. The molecule has 0 saturated heterocycles. The van der Waals surface area contributed by atoms with Crippen molar-refractivity contribution in [2.75, 3.05) is 0 Å². The molecule has 0 amide bonds. The molecular weight excluding hydrogens is 499 g/mol. The Labute approximate surface area is 279 Å². The summed E-state index contributed by atoms with van der Waals surface area (Å²) in [7, 11) is -5.39. The molecule has 0 bridgehead atoms. The third kappa shape index (κ3) is 77.8. The van der Waals surface area contributed by atoms with Gasteiger partial charge in [-0.25, -0.2) is 4.79 Å². The molecule has 0 heterocycles. The van der Waals surface area contributed by atoms with Gasteiger partial charge >= 0.3 is 152 Å². The maximum atomic E-state index is 10.3. The molecule has 0 aromatic heterocycles. The molecule has 0 aromatic rings.